The number of rotatable bonds is 5. The molecule has 0 amide bonds. The van der Waals surface area contributed by atoms with Gasteiger partial charge in [0.25, 0.3) is 0 Å². The van der Waals surface area contributed by atoms with Gasteiger partial charge in [-0.15, -0.1) is 10.2 Å². The SMILES string of the molecule is CCC(NC(C)c1nncn1C)C(N)=NO. The van der Waals surface area contributed by atoms with E-state index in [1.807, 2.05) is 25.5 Å². The normalized spacial score (nSPS) is 16.1. The van der Waals surface area contributed by atoms with Crippen LogP contribution in [-0.2, 0) is 7.05 Å². The number of oxime groups is 1. The van der Waals surface area contributed by atoms with Crippen LogP contribution in [0.2, 0.25) is 0 Å². The number of amidine groups is 1. The van der Waals surface area contributed by atoms with E-state index in [-0.39, 0.29) is 17.9 Å². The van der Waals surface area contributed by atoms with Gasteiger partial charge in [0.05, 0.1) is 12.1 Å². The van der Waals surface area contributed by atoms with E-state index in [9.17, 15) is 0 Å². The van der Waals surface area contributed by atoms with Crippen LogP contribution in [0.5, 0.6) is 0 Å². The van der Waals surface area contributed by atoms with Crippen molar-refractivity contribution in [2.45, 2.75) is 32.4 Å². The summed E-state index contributed by atoms with van der Waals surface area (Å²) < 4.78 is 1.83. The second kappa shape index (κ2) is 5.45. The number of aryl methyl sites for hydroxylation is 1. The quantitative estimate of drug-likeness (QED) is 0.284. The number of hydrogen-bond acceptors (Lipinski definition) is 5. The molecule has 1 aromatic heterocycles. The van der Waals surface area contributed by atoms with Gasteiger partial charge < -0.3 is 15.5 Å². The van der Waals surface area contributed by atoms with Gasteiger partial charge in [0.2, 0.25) is 0 Å². The molecule has 2 unspecified atom stereocenters. The van der Waals surface area contributed by atoms with E-state index >= 15 is 0 Å². The predicted octanol–water partition coefficient (Wildman–Crippen LogP) is -0.00930. The monoisotopic (exact) mass is 226 g/mol. The standard InChI is InChI=1S/C9H18N6O/c1-4-7(8(10)14-16)12-6(2)9-13-11-5-15(9)3/h5-7,12,16H,4H2,1-3H3,(H2,10,14). The number of hydrogen-bond donors (Lipinski definition) is 3. The highest BCUT2D eigenvalue weighted by Gasteiger charge is 2.18. The van der Waals surface area contributed by atoms with Crippen molar-refractivity contribution in [2.24, 2.45) is 17.9 Å². The fourth-order valence-electron chi connectivity index (χ4n) is 1.54. The Morgan fingerprint density at radius 1 is 1.75 bits per heavy atom. The van der Waals surface area contributed by atoms with Gasteiger partial charge in [0, 0.05) is 7.05 Å². The van der Waals surface area contributed by atoms with Crippen LogP contribution in [0.4, 0.5) is 0 Å². The van der Waals surface area contributed by atoms with Crippen molar-refractivity contribution < 1.29 is 5.21 Å². The largest absolute Gasteiger partial charge is 0.409 e. The third-order valence-electron chi connectivity index (χ3n) is 2.47. The zero-order valence-corrected chi connectivity index (χ0v) is 9.75. The lowest BCUT2D eigenvalue weighted by Gasteiger charge is -2.20. The molecule has 0 aromatic carbocycles. The predicted molar refractivity (Wildman–Crippen MR) is 60.0 cm³/mol. The molecule has 7 heteroatoms. The molecule has 0 spiro atoms. The zero-order valence-electron chi connectivity index (χ0n) is 9.75. The van der Waals surface area contributed by atoms with Crippen molar-refractivity contribution >= 4 is 5.84 Å². The van der Waals surface area contributed by atoms with Crippen LogP contribution in [0.25, 0.3) is 0 Å². The van der Waals surface area contributed by atoms with Crippen molar-refractivity contribution in [3.05, 3.63) is 12.2 Å². The molecule has 0 radical (unpaired) electrons. The van der Waals surface area contributed by atoms with Crippen molar-refractivity contribution in [3.63, 3.8) is 0 Å². The van der Waals surface area contributed by atoms with Gasteiger partial charge in [-0.05, 0) is 13.3 Å². The Kier molecular flexibility index (Phi) is 4.24. The first-order chi connectivity index (χ1) is 7.60. The lowest BCUT2D eigenvalue weighted by Crippen LogP contribution is -2.42. The smallest absolute Gasteiger partial charge is 0.156 e. The summed E-state index contributed by atoms with van der Waals surface area (Å²) in [5, 5.41) is 22.6. The molecule has 0 fully saturated rings. The number of aromatic nitrogens is 3. The maximum absolute atomic E-state index is 8.62. The average molecular weight is 226 g/mol. The molecule has 16 heavy (non-hydrogen) atoms. The summed E-state index contributed by atoms with van der Waals surface area (Å²) in [7, 11) is 1.87. The molecule has 0 saturated carbocycles. The van der Waals surface area contributed by atoms with Crippen molar-refractivity contribution in [2.75, 3.05) is 0 Å². The third kappa shape index (κ3) is 2.69. The minimum atomic E-state index is -0.170. The molecule has 7 nitrogen and oxygen atoms in total. The van der Waals surface area contributed by atoms with Crippen LogP contribution in [-0.4, -0.2) is 31.8 Å². The van der Waals surface area contributed by atoms with E-state index in [1.54, 1.807) is 6.33 Å². The van der Waals surface area contributed by atoms with E-state index in [0.29, 0.717) is 0 Å². The second-order valence-corrected chi connectivity index (χ2v) is 3.67. The van der Waals surface area contributed by atoms with Gasteiger partial charge in [-0.3, -0.25) is 5.32 Å². The Morgan fingerprint density at radius 3 is 2.88 bits per heavy atom. The van der Waals surface area contributed by atoms with Crippen LogP contribution in [0, 0.1) is 0 Å². The van der Waals surface area contributed by atoms with Crippen LogP contribution < -0.4 is 11.1 Å². The summed E-state index contributed by atoms with van der Waals surface area (Å²) in [5.74, 6) is 0.987. The summed E-state index contributed by atoms with van der Waals surface area (Å²) >= 11 is 0. The van der Waals surface area contributed by atoms with Crippen molar-refractivity contribution in [3.8, 4) is 0 Å². The zero-order chi connectivity index (χ0) is 12.1. The summed E-state index contributed by atoms with van der Waals surface area (Å²) in [6.45, 7) is 3.91. The molecule has 0 aliphatic carbocycles. The fraction of sp³-hybridized carbons (Fsp3) is 0.667. The van der Waals surface area contributed by atoms with Gasteiger partial charge in [-0.25, -0.2) is 0 Å². The number of nitrogens with one attached hydrogen (secondary N) is 1. The van der Waals surface area contributed by atoms with Crippen LogP contribution in [0.1, 0.15) is 32.1 Å². The average Bonchev–Trinajstić information content (AvgIpc) is 2.71. The maximum atomic E-state index is 8.62. The van der Waals surface area contributed by atoms with Gasteiger partial charge in [-0.2, -0.15) is 0 Å². The molecule has 90 valence electrons. The lowest BCUT2D eigenvalue weighted by atomic mass is 10.1. The molecule has 0 aliphatic heterocycles. The molecule has 0 saturated heterocycles. The van der Waals surface area contributed by atoms with E-state index in [2.05, 4.69) is 20.7 Å². The molecule has 1 aromatic rings. The minimum Gasteiger partial charge on any atom is -0.409 e. The molecule has 0 aliphatic rings. The Labute approximate surface area is 94.3 Å². The molecular weight excluding hydrogens is 208 g/mol. The first-order valence-electron chi connectivity index (χ1n) is 5.17. The van der Waals surface area contributed by atoms with Gasteiger partial charge in [0.1, 0.15) is 12.2 Å². The highest BCUT2D eigenvalue weighted by Crippen LogP contribution is 2.09. The topological polar surface area (TPSA) is 101 Å². The Bertz CT molecular complexity index is 361. The maximum Gasteiger partial charge on any atom is 0.156 e. The summed E-state index contributed by atoms with van der Waals surface area (Å²) in [4.78, 5) is 0. The first kappa shape index (κ1) is 12.4. The minimum absolute atomic E-state index is 0.0160. The van der Waals surface area contributed by atoms with E-state index in [0.717, 1.165) is 12.2 Å². The summed E-state index contributed by atoms with van der Waals surface area (Å²) in [6.07, 6.45) is 2.37. The number of nitrogens with zero attached hydrogens (tertiary/aromatic N) is 4. The highest BCUT2D eigenvalue weighted by molar-refractivity contribution is 5.85. The Balaban J connectivity index is 2.70. The fourth-order valence-corrected chi connectivity index (χ4v) is 1.54. The second-order valence-electron chi connectivity index (χ2n) is 3.67. The van der Waals surface area contributed by atoms with E-state index < -0.39 is 0 Å². The van der Waals surface area contributed by atoms with Crippen LogP contribution in [0.3, 0.4) is 0 Å². The third-order valence-corrected chi connectivity index (χ3v) is 2.47. The van der Waals surface area contributed by atoms with Gasteiger partial charge in [0.15, 0.2) is 5.84 Å². The van der Waals surface area contributed by atoms with Gasteiger partial charge in [-0.1, -0.05) is 12.1 Å². The van der Waals surface area contributed by atoms with E-state index in [1.165, 1.54) is 0 Å². The lowest BCUT2D eigenvalue weighted by molar-refractivity contribution is 0.313. The van der Waals surface area contributed by atoms with Gasteiger partial charge >= 0.3 is 0 Å². The molecule has 1 rings (SSSR count). The molecular formula is C9H18N6O. The Morgan fingerprint density at radius 2 is 2.44 bits per heavy atom. The van der Waals surface area contributed by atoms with E-state index in [4.69, 9.17) is 10.9 Å². The molecule has 0 bridgehead atoms. The molecule has 1 heterocycles. The summed E-state index contributed by atoms with van der Waals surface area (Å²) in [6, 6.07) is -0.186. The molecule has 4 N–H and O–H groups in total. The number of nitrogens with two attached hydrogens (primary N) is 1. The highest BCUT2D eigenvalue weighted by atomic mass is 16.4. The van der Waals surface area contributed by atoms with Crippen LogP contribution >= 0.6 is 0 Å². The summed E-state index contributed by atoms with van der Waals surface area (Å²) in [5.41, 5.74) is 5.56. The molecule has 2 atom stereocenters. The van der Waals surface area contributed by atoms with Crippen LogP contribution in [0.15, 0.2) is 11.5 Å². The first-order valence-corrected chi connectivity index (χ1v) is 5.17. The van der Waals surface area contributed by atoms with Crippen molar-refractivity contribution in [1.82, 2.24) is 20.1 Å². The van der Waals surface area contributed by atoms with Crippen molar-refractivity contribution in [1.29, 1.82) is 0 Å². The Hall–Kier alpha value is -1.63.